The Balaban J connectivity index is 2.19. The van der Waals surface area contributed by atoms with E-state index in [-0.39, 0.29) is 18.4 Å². The summed E-state index contributed by atoms with van der Waals surface area (Å²) in [5.41, 5.74) is 0.412. The van der Waals surface area contributed by atoms with Crippen molar-refractivity contribution in [2.75, 3.05) is 0 Å². The molecule has 1 aromatic rings. The Morgan fingerprint density at radius 1 is 1.33 bits per heavy atom. The number of allylic oxidation sites excluding steroid dienone is 3. The van der Waals surface area contributed by atoms with Gasteiger partial charge in [0.2, 0.25) is 10.0 Å². The molecule has 0 radical (unpaired) electrons. The average Bonchev–Trinajstić information content (AvgIpc) is 2.64. The second-order valence-corrected chi connectivity index (χ2v) is 11.7. The van der Waals surface area contributed by atoms with E-state index in [2.05, 4.69) is 0 Å². The van der Waals surface area contributed by atoms with Crippen molar-refractivity contribution in [1.82, 2.24) is 4.31 Å². The minimum Gasteiger partial charge on any atom is -0.481 e. The molecule has 0 bridgehead atoms. The molecule has 1 heterocycles. The van der Waals surface area contributed by atoms with Crippen molar-refractivity contribution >= 4 is 39.2 Å². The Morgan fingerprint density at radius 3 is 2.57 bits per heavy atom. The quantitative estimate of drug-likeness (QED) is 0.642. The van der Waals surface area contributed by atoms with Gasteiger partial charge in [-0.15, -0.1) is 0 Å². The minimum atomic E-state index is -3.83. The van der Waals surface area contributed by atoms with Gasteiger partial charge in [0, 0.05) is 33.5 Å². The molecular weight excluding hydrogens is 445 g/mol. The fourth-order valence-electron chi connectivity index (χ4n) is 4.79. The first kappa shape index (κ1) is 23.3. The van der Waals surface area contributed by atoms with Crippen molar-refractivity contribution in [3.63, 3.8) is 0 Å². The standard InChI is InChI=1S/C22H27Cl2NO4S/c1-14(2)25-21(22(3)9-7-16(23)8-10-22)19(15-5-4-6-17(24)11-15)12-18(13-20(26)27)30(25,28)29/h4-9,11,14,18-19,21H,10,12-13H2,1-3H3,(H,26,27)/t18-,19-,21+,22?/m1/s1. The normalized spacial score (nSPS) is 31.5. The van der Waals surface area contributed by atoms with Crippen LogP contribution in [0, 0.1) is 5.41 Å². The Labute approximate surface area is 188 Å². The van der Waals surface area contributed by atoms with Crippen molar-refractivity contribution in [3.05, 3.63) is 58.1 Å². The number of hydrogen-bond donors (Lipinski definition) is 1. The van der Waals surface area contributed by atoms with Gasteiger partial charge in [-0.2, -0.15) is 4.31 Å². The molecule has 1 N–H and O–H groups in total. The number of hydrogen-bond acceptors (Lipinski definition) is 3. The number of carbonyl (C=O) groups is 1. The van der Waals surface area contributed by atoms with E-state index in [1.165, 1.54) is 4.31 Å². The summed E-state index contributed by atoms with van der Waals surface area (Å²) in [6.07, 6.45) is 6.10. The molecule has 1 aliphatic heterocycles. The SMILES string of the molecule is CC(C)N1[C@H](C2(C)C=CC(Cl)=CC2)[C@@H](c2cccc(Cl)c2)C[C@H](CC(=O)O)S1(=O)=O. The minimum absolute atomic E-state index is 0.209. The number of aliphatic carboxylic acids is 1. The molecule has 1 unspecified atom stereocenters. The van der Waals surface area contributed by atoms with Gasteiger partial charge >= 0.3 is 5.97 Å². The van der Waals surface area contributed by atoms with E-state index in [0.717, 1.165) is 5.56 Å². The molecule has 1 aromatic carbocycles. The smallest absolute Gasteiger partial charge is 0.304 e. The summed E-state index contributed by atoms with van der Waals surface area (Å²) in [7, 11) is -3.83. The molecular formula is C22H27Cl2NO4S. The van der Waals surface area contributed by atoms with Crippen LogP contribution in [0.15, 0.2) is 47.5 Å². The molecule has 1 aliphatic carbocycles. The van der Waals surface area contributed by atoms with E-state index in [4.69, 9.17) is 23.2 Å². The molecule has 0 spiro atoms. The van der Waals surface area contributed by atoms with Gasteiger partial charge in [0.25, 0.3) is 0 Å². The maximum atomic E-state index is 13.6. The molecule has 0 amide bonds. The van der Waals surface area contributed by atoms with E-state index >= 15 is 0 Å². The van der Waals surface area contributed by atoms with E-state index in [9.17, 15) is 18.3 Å². The molecule has 3 rings (SSSR count). The predicted molar refractivity (Wildman–Crippen MR) is 120 cm³/mol. The van der Waals surface area contributed by atoms with Gasteiger partial charge in [-0.25, -0.2) is 8.42 Å². The number of rotatable bonds is 5. The van der Waals surface area contributed by atoms with Gasteiger partial charge in [0.05, 0.1) is 11.7 Å². The van der Waals surface area contributed by atoms with E-state index in [0.29, 0.717) is 16.5 Å². The zero-order valence-corrected chi connectivity index (χ0v) is 19.6. The van der Waals surface area contributed by atoms with Crippen LogP contribution in [0.25, 0.3) is 0 Å². The van der Waals surface area contributed by atoms with Crippen LogP contribution in [0.3, 0.4) is 0 Å². The zero-order chi connectivity index (χ0) is 22.3. The second kappa shape index (κ2) is 8.65. The lowest BCUT2D eigenvalue weighted by molar-refractivity contribution is -0.137. The van der Waals surface area contributed by atoms with Crippen LogP contribution in [0.4, 0.5) is 0 Å². The van der Waals surface area contributed by atoms with Crippen LogP contribution in [-0.4, -0.2) is 41.1 Å². The summed E-state index contributed by atoms with van der Waals surface area (Å²) in [5, 5.41) is 9.59. The fourth-order valence-corrected chi connectivity index (χ4v) is 7.57. The van der Waals surface area contributed by atoms with Crippen LogP contribution < -0.4 is 0 Å². The first-order valence-corrected chi connectivity index (χ1v) is 12.3. The Bertz CT molecular complexity index is 989. The highest BCUT2D eigenvalue weighted by Crippen LogP contribution is 2.50. The highest BCUT2D eigenvalue weighted by atomic mass is 35.5. The van der Waals surface area contributed by atoms with Crippen molar-refractivity contribution in [1.29, 1.82) is 0 Å². The topological polar surface area (TPSA) is 74.7 Å². The van der Waals surface area contributed by atoms with Gasteiger partial charge < -0.3 is 5.11 Å². The maximum Gasteiger partial charge on any atom is 0.304 e. The summed E-state index contributed by atoms with van der Waals surface area (Å²) in [6.45, 7) is 5.71. The second-order valence-electron chi connectivity index (χ2n) is 8.66. The highest BCUT2D eigenvalue weighted by Gasteiger charge is 2.54. The average molecular weight is 472 g/mol. The van der Waals surface area contributed by atoms with Crippen LogP contribution in [0.2, 0.25) is 5.02 Å². The van der Waals surface area contributed by atoms with Gasteiger partial charge in [0.15, 0.2) is 0 Å². The molecule has 4 atom stereocenters. The lowest BCUT2D eigenvalue weighted by Gasteiger charge is -2.52. The van der Waals surface area contributed by atoms with E-state index in [1.807, 2.05) is 57.2 Å². The molecule has 0 saturated carbocycles. The van der Waals surface area contributed by atoms with Crippen molar-refractivity contribution in [2.24, 2.45) is 5.41 Å². The summed E-state index contributed by atoms with van der Waals surface area (Å²) in [5.74, 6) is -1.33. The first-order valence-electron chi connectivity index (χ1n) is 10.00. The number of benzene rings is 1. The number of sulfonamides is 1. The molecule has 30 heavy (non-hydrogen) atoms. The summed E-state index contributed by atoms with van der Waals surface area (Å²) in [6, 6.07) is 6.69. The zero-order valence-electron chi connectivity index (χ0n) is 17.3. The molecule has 5 nitrogen and oxygen atoms in total. The number of halogens is 2. The Kier molecular flexibility index (Phi) is 6.73. The van der Waals surface area contributed by atoms with Crippen LogP contribution >= 0.6 is 23.2 Å². The van der Waals surface area contributed by atoms with Crippen molar-refractivity contribution in [3.8, 4) is 0 Å². The molecule has 1 saturated heterocycles. The molecule has 0 aromatic heterocycles. The number of carboxylic acids is 1. The maximum absolute atomic E-state index is 13.6. The Hall–Kier alpha value is -1.34. The lowest BCUT2D eigenvalue weighted by Crippen LogP contribution is -2.61. The summed E-state index contributed by atoms with van der Waals surface area (Å²) < 4.78 is 28.7. The predicted octanol–water partition coefficient (Wildman–Crippen LogP) is 5.17. The Morgan fingerprint density at radius 2 is 2.03 bits per heavy atom. The van der Waals surface area contributed by atoms with Crippen LogP contribution in [0.5, 0.6) is 0 Å². The van der Waals surface area contributed by atoms with Crippen LogP contribution in [0.1, 0.15) is 51.5 Å². The van der Waals surface area contributed by atoms with Gasteiger partial charge in [-0.1, -0.05) is 54.4 Å². The fraction of sp³-hybridized carbons (Fsp3) is 0.500. The largest absolute Gasteiger partial charge is 0.481 e. The van der Waals surface area contributed by atoms with E-state index < -0.39 is 39.1 Å². The van der Waals surface area contributed by atoms with Crippen LogP contribution in [-0.2, 0) is 14.8 Å². The third kappa shape index (κ3) is 4.47. The molecule has 2 aliphatic rings. The molecule has 8 heteroatoms. The van der Waals surface area contributed by atoms with Gasteiger partial charge in [-0.3, -0.25) is 4.79 Å². The third-order valence-electron chi connectivity index (χ3n) is 6.11. The van der Waals surface area contributed by atoms with Crippen molar-refractivity contribution < 1.29 is 18.3 Å². The number of nitrogens with zero attached hydrogens (tertiary/aromatic N) is 1. The molecule has 1 fully saturated rings. The lowest BCUT2D eigenvalue weighted by atomic mass is 9.68. The van der Waals surface area contributed by atoms with Gasteiger partial charge in [0.1, 0.15) is 0 Å². The first-order chi connectivity index (χ1) is 14.0. The highest BCUT2D eigenvalue weighted by molar-refractivity contribution is 7.89. The summed E-state index contributed by atoms with van der Waals surface area (Å²) >= 11 is 12.4. The van der Waals surface area contributed by atoms with Crippen molar-refractivity contribution in [2.45, 2.75) is 63.3 Å². The monoisotopic (exact) mass is 471 g/mol. The van der Waals surface area contributed by atoms with Gasteiger partial charge in [-0.05, 0) is 50.5 Å². The van der Waals surface area contributed by atoms with E-state index in [1.54, 1.807) is 6.07 Å². The number of carboxylic acid groups (broad SMARTS) is 1. The molecule has 164 valence electrons. The summed E-state index contributed by atoms with van der Waals surface area (Å²) in [4.78, 5) is 11.5. The third-order valence-corrected chi connectivity index (χ3v) is 9.06.